The van der Waals surface area contributed by atoms with E-state index in [2.05, 4.69) is 20.6 Å². The molecule has 36 heavy (non-hydrogen) atoms. The van der Waals surface area contributed by atoms with Gasteiger partial charge in [0.15, 0.2) is 23.3 Å². The fourth-order valence-electron chi connectivity index (χ4n) is 2.97. The Morgan fingerprint density at radius 2 is 1.06 bits per heavy atom. The van der Waals surface area contributed by atoms with Crippen LogP contribution in [-0.4, -0.2) is 33.3 Å². The van der Waals surface area contributed by atoms with Crippen LogP contribution in [0.1, 0.15) is 0 Å². The topological polar surface area (TPSA) is 84.0 Å². The van der Waals surface area contributed by atoms with Crippen LogP contribution in [-0.2, 0) is 9.59 Å². The molecule has 0 aliphatic heterocycles. The second kappa shape index (κ2) is 11.4. The van der Waals surface area contributed by atoms with E-state index in [1.165, 1.54) is 12.1 Å². The van der Waals surface area contributed by atoms with Gasteiger partial charge < -0.3 is 10.6 Å². The predicted molar refractivity (Wildman–Crippen MR) is 131 cm³/mol. The number of anilines is 2. The molecule has 0 spiro atoms. The van der Waals surface area contributed by atoms with Crippen molar-refractivity contribution in [2.24, 2.45) is 0 Å². The molecule has 0 radical (unpaired) electrons. The zero-order chi connectivity index (χ0) is 25.7. The smallest absolute Gasteiger partial charge is 0.234 e. The lowest BCUT2D eigenvalue weighted by Crippen LogP contribution is -2.15. The van der Waals surface area contributed by atoms with E-state index >= 15 is 0 Å². The molecular weight excluding hydrogens is 516 g/mol. The summed E-state index contributed by atoms with van der Waals surface area (Å²) in [5.41, 5.74) is 1.37. The van der Waals surface area contributed by atoms with Crippen molar-refractivity contribution in [1.82, 2.24) is 9.97 Å². The molecule has 3 aromatic carbocycles. The van der Waals surface area contributed by atoms with E-state index in [1.807, 2.05) is 0 Å². The van der Waals surface area contributed by atoms with E-state index in [0.717, 1.165) is 47.8 Å². The lowest BCUT2D eigenvalue weighted by atomic mass is 10.3. The Kier molecular flexibility index (Phi) is 8.06. The number of nitrogens with one attached hydrogen (secondary N) is 2. The van der Waals surface area contributed by atoms with Gasteiger partial charge in [-0.25, -0.2) is 27.5 Å². The van der Waals surface area contributed by atoms with Crippen molar-refractivity contribution in [3.05, 3.63) is 83.9 Å². The Balaban J connectivity index is 1.44. The highest BCUT2D eigenvalue weighted by Gasteiger charge is 2.15. The Bertz CT molecular complexity index is 1350. The summed E-state index contributed by atoms with van der Waals surface area (Å²) in [6.07, 6.45) is 0. The van der Waals surface area contributed by atoms with Crippen LogP contribution in [0.2, 0.25) is 0 Å². The zero-order valence-electron chi connectivity index (χ0n) is 18.2. The maximum atomic E-state index is 13.4. The first-order valence-electron chi connectivity index (χ1n) is 10.3. The number of aromatic nitrogens is 2. The minimum Gasteiger partial charge on any atom is -0.325 e. The maximum absolute atomic E-state index is 13.4. The van der Waals surface area contributed by atoms with Crippen LogP contribution in [0.4, 0.5) is 28.9 Å². The van der Waals surface area contributed by atoms with E-state index in [0.29, 0.717) is 21.1 Å². The molecule has 1 heterocycles. The summed E-state index contributed by atoms with van der Waals surface area (Å²) in [7, 11) is 0. The highest BCUT2D eigenvalue weighted by molar-refractivity contribution is 8.02. The van der Waals surface area contributed by atoms with Gasteiger partial charge in [0.2, 0.25) is 11.8 Å². The number of thioether (sulfide) groups is 2. The second-order valence-electron chi connectivity index (χ2n) is 7.25. The lowest BCUT2D eigenvalue weighted by Gasteiger charge is -2.10. The van der Waals surface area contributed by atoms with E-state index < -0.39 is 35.1 Å². The quantitative estimate of drug-likeness (QED) is 0.226. The molecule has 1 aromatic heterocycles. The second-order valence-corrected chi connectivity index (χ2v) is 9.18. The van der Waals surface area contributed by atoms with Gasteiger partial charge in [0, 0.05) is 23.5 Å². The zero-order valence-corrected chi connectivity index (χ0v) is 19.9. The molecule has 0 aliphatic carbocycles. The van der Waals surface area contributed by atoms with Crippen molar-refractivity contribution in [3.63, 3.8) is 0 Å². The predicted octanol–water partition coefficient (Wildman–Crippen LogP) is 5.65. The molecule has 0 fully saturated rings. The van der Waals surface area contributed by atoms with Gasteiger partial charge in [0.1, 0.15) is 10.1 Å². The fourth-order valence-corrected chi connectivity index (χ4v) is 4.66. The summed E-state index contributed by atoms with van der Waals surface area (Å²) >= 11 is 2.12. The van der Waals surface area contributed by atoms with Gasteiger partial charge in [0.05, 0.1) is 22.5 Å². The number of para-hydroxylation sites is 2. The third-order valence-corrected chi connectivity index (χ3v) is 6.65. The average molecular weight is 533 g/mol. The molecule has 184 valence electrons. The Hall–Kier alpha value is -3.64. The first-order chi connectivity index (χ1) is 17.3. The Morgan fingerprint density at radius 1 is 0.639 bits per heavy atom. The summed E-state index contributed by atoms with van der Waals surface area (Å²) in [6.45, 7) is 0. The Morgan fingerprint density at radius 3 is 1.44 bits per heavy atom. The maximum Gasteiger partial charge on any atom is 0.234 e. The first kappa shape index (κ1) is 25.5. The summed E-state index contributed by atoms with van der Waals surface area (Å²) in [5, 5.41) is 5.74. The van der Waals surface area contributed by atoms with Crippen molar-refractivity contribution in [2.75, 3.05) is 22.1 Å². The Labute approximate surface area is 210 Å². The molecule has 0 atom stereocenters. The molecule has 0 saturated carbocycles. The van der Waals surface area contributed by atoms with Crippen LogP contribution in [0.15, 0.2) is 70.7 Å². The van der Waals surface area contributed by atoms with E-state index in [-0.39, 0.29) is 22.9 Å². The molecule has 0 saturated heterocycles. The normalized spacial score (nSPS) is 10.9. The number of hydrogen-bond acceptors (Lipinski definition) is 6. The van der Waals surface area contributed by atoms with E-state index in [4.69, 9.17) is 0 Å². The molecule has 0 bridgehead atoms. The average Bonchev–Trinajstić information content (AvgIpc) is 2.85. The standard InChI is InChI=1S/C24H16F4N4O2S2/c25-15-7-5-13(9-17(15)27)29-21(33)11-35-23-24(32-20-4-2-1-3-19(20)31-23)36-12-22(34)30-14-6-8-16(26)18(28)10-14/h1-10H,11-12H2,(H,29,33)(H,30,34). The summed E-state index contributed by atoms with van der Waals surface area (Å²) in [5.74, 6) is -5.39. The van der Waals surface area contributed by atoms with Crippen LogP contribution < -0.4 is 10.6 Å². The van der Waals surface area contributed by atoms with Crippen LogP contribution >= 0.6 is 23.5 Å². The van der Waals surface area contributed by atoms with E-state index in [1.54, 1.807) is 24.3 Å². The first-order valence-corrected chi connectivity index (χ1v) is 12.3. The van der Waals surface area contributed by atoms with Crippen molar-refractivity contribution in [2.45, 2.75) is 10.1 Å². The third-order valence-electron chi connectivity index (χ3n) is 4.60. The van der Waals surface area contributed by atoms with Crippen molar-refractivity contribution < 1.29 is 27.2 Å². The lowest BCUT2D eigenvalue weighted by molar-refractivity contribution is -0.114. The minimum absolute atomic E-state index is 0.104. The molecule has 0 aliphatic rings. The van der Waals surface area contributed by atoms with Crippen LogP contribution in [0.25, 0.3) is 11.0 Å². The van der Waals surface area contributed by atoms with Gasteiger partial charge in [0.25, 0.3) is 0 Å². The van der Waals surface area contributed by atoms with Gasteiger partial charge in [-0.2, -0.15) is 0 Å². The largest absolute Gasteiger partial charge is 0.325 e. The number of halogens is 4. The van der Waals surface area contributed by atoms with Gasteiger partial charge >= 0.3 is 0 Å². The third kappa shape index (κ3) is 6.52. The molecule has 2 N–H and O–H groups in total. The van der Waals surface area contributed by atoms with E-state index in [9.17, 15) is 27.2 Å². The van der Waals surface area contributed by atoms with Crippen LogP contribution in [0.5, 0.6) is 0 Å². The van der Waals surface area contributed by atoms with Crippen molar-refractivity contribution in [3.8, 4) is 0 Å². The van der Waals surface area contributed by atoms with Crippen LogP contribution in [0.3, 0.4) is 0 Å². The number of rotatable bonds is 8. The molecule has 0 unspecified atom stereocenters. The van der Waals surface area contributed by atoms with Crippen molar-refractivity contribution >= 4 is 57.7 Å². The fraction of sp³-hybridized carbons (Fsp3) is 0.0833. The number of amides is 2. The molecule has 12 heteroatoms. The molecular formula is C24H16F4N4O2S2. The van der Waals surface area contributed by atoms with Gasteiger partial charge in [-0.1, -0.05) is 35.7 Å². The van der Waals surface area contributed by atoms with Crippen molar-refractivity contribution in [1.29, 1.82) is 0 Å². The summed E-state index contributed by atoms with van der Waals surface area (Å²) in [6, 6.07) is 13.1. The molecule has 4 rings (SSSR count). The molecule has 4 aromatic rings. The van der Waals surface area contributed by atoms with Gasteiger partial charge in [-0.05, 0) is 36.4 Å². The number of hydrogen-bond donors (Lipinski definition) is 2. The number of carbonyl (C=O) groups is 2. The number of nitrogens with zero attached hydrogens (tertiary/aromatic N) is 2. The highest BCUT2D eigenvalue weighted by atomic mass is 32.2. The summed E-state index contributed by atoms with van der Waals surface area (Å²) < 4.78 is 53.0. The minimum atomic E-state index is -1.08. The number of carbonyl (C=O) groups excluding carboxylic acids is 2. The monoisotopic (exact) mass is 532 g/mol. The number of fused-ring (bicyclic) bond motifs is 1. The number of benzene rings is 3. The van der Waals surface area contributed by atoms with Crippen LogP contribution in [0, 0.1) is 23.3 Å². The molecule has 2 amide bonds. The molecule has 6 nitrogen and oxygen atoms in total. The SMILES string of the molecule is O=C(CSc1nc2ccccc2nc1SCC(=O)Nc1ccc(F)c(F)c1)Nc1ccc(F)c(F)c1. The van der Waals surface area contributed by atoms with Gasteiger partial charge in [-0.15, -0.1) is 0 Å². The van der Waals surface area contributed by atoms with Gasteiger partial charge in [-0.3, -0.25) is 9.59 Å². The highest BCUT2D eigenvalue weighted by Crippen LogP contribution is 2.30. The summed E-state index contributed by atoms with van der Waals surface area (Å²) in [4.78, 5) is 33.8.